The van der Waals surface area contributed by atoms with Crippen LogP contribution in [0.4, 0.5) is 10.5 Å². The molecule has 1 aromatic rings. The highest BCUT2D eigenvalue weighted by Crippen LogP contribution is 2.18. The number of anilines is 1. The van der Waals surface area contributed by atoms with Crippen LogP contribution in [0.5, 0.6) is 0 Å². The maximum atomic E-state index is 11.5. The zero-order valence-electron chi connectivity index (χ0n) is 9.73. The molecule has 1 heterocycles. The number of urea groups is 1. The fraction of sp³-hybridized carbons (Fsp3) is 0.636. The second-order valence-corrected chi connectivity index (χ2v) is 4.53. The molecule has 88 valence electrons. The van der Waals surface area contributed by atoms with Crippen molar-refractivity contribution in [2.45, 2.75) is 45.2 Å². The van der Waals surface area contributed by atoms with Crippen LogP contribution in [-0.2, 0) is 0 Å². The summed E-state index contributed by atoms with van der Waals surface area (Å²) in [7, 11) is 0. The molecule has 5 heteroatoms. The van der Waals surface area contributed by atoms with Crippen LogP contribution in [0.3, 0.4) is 0 Å². The summed E-state index contributed by atoms with van der Waals surface area (Å²) in [6.07, 6.45) is 6.92. The maximum absolute atomic E-state index is 11.5. The van der Waals surface area contributed by atoms with Gasteiger partial charge in [-0.15, -0.1) is 0 Å². The van der Waals surface area contributed by atoms with Crippen molar-refractivity contribution in [1.82, 2.24) is 15.1 Å². The molecule has 0 radical (unpaired) electrons. The average molecular weight is 222 g/mol. The van der Waals surface area contributed by atoms with Crippen LogP contribution in [0.2, 0.25) is 0 Å². The molecule has 1 aromatic heterocycles. The maximum Gasteiger partial charge on any atom is 0.319 e. The minimum Gasteiger partial charge on any atom is -0.335 e. The molecule has 1 fully saturated rings. The molecule has 16 heavy (non-hydrogen) atoms. The van der Waals surface area contributed by atoms with E-state index in [9.17, 15) is 4.79 Å². The van der Waals surface area contributed by atoms with E-state index in [0.29, 0.717) is 12.1 Å². The first-order valence-corrected chi connectivity index (χ1v) is 5.77. The summed E-state index contributed by atoms with van der Waals surface area (Å²) in [5.41, 5.74) is 0.741. The Bertz CT molecular complexity index is 368. The molecule has 5 nitrogen and oxygen atoms in total. The van der Waals surface area contributed by atoms with Crippen molar-refractivity contribution in [2.75, 3.05) is 5.32 Å². The predicted octanol–water partition coefficient (Wildman–Crippen LogP) is 2.14. The van der Waals surface area contributed by atoms with Gasteiger partial charge in [0.15, 0.2) is 0 Å². The van der Waals surface area contributed by atoms with Gasteiger partial charge in [0.1, 0.15) is 0 Å². The van der Waals surface area contributed by atoms with Crippen molar-refractivity contribution < 1.29 is 4.79 Å². The van der Waals surface area contributed by atoms with Gasteiger partial charge in [-0.1, -0.05) is 0 Å². The van der Waals surface area contributed by atoms with Gasteiger partial charge in [-0.2, -0.15) is 5.10 Å². The molecule has 0 unspecified atom stereocenters. The van der Waals surface area contributed by atoms with E-state index in [2.05, 4.69) is 15.7 Å². The van der Waals surface area contributed by atoms with Crippen molar-refractivity contribution in [3.05, 3.63) is 12.4 Å². The van der Waals surface area contributed by atoms with Crippen LogP contribution in [0, 0.1) is 0 Å². The van der Waals surface area contributed by atoms with E-state index < -0.39 is 0 Å². The van der Waals surface area contributed by atoms with Gasteiger partial charge in [0.05, 0.1) is 11.9 Å². The number of aromatic nitrogens is 2. The lowest BCUT2D eigenvalue weighted by molar-refractivity contribution is 0.240. The Kier molecular flexibility index (Phi) is 3.12. The number of hydrogen-bond donors (Lipinski definition) is 2. The molecule has 0 saturated heterocycles. The molecule has 0 bridgehead atoms. The number of nitrogens with zero attached hydrogens (tertiary/aromatic N) is 2. The summed E-state index contributed by atoms with van der Waals surface area (Å²) >= 11 is 0. The molecule has 2 N–H and O–H groups in total. The Morgan fingerprint density at radius 2 is 2.31 bits per heavy atom. The van der Waals surface area contributed by atoms with Gasteiger partial charge in [-0.25, -0.2) is 4.79 Å². The molecule has 2 amide bonds. The van der Waals surface area contributed by atoms with Crippen molar-refractivity contribution >= 4 is 11.7 Å². The number of amides is 2. The Morgan fingerprint density at radius 3 is 2.81 bits per heavy atom. The van der Waals surface area contributed by atoms with Crippen molar-refractivity contribution in [2.24, 2.45) is 0 Å². The average Bonchev–Trinajstić information content (AvgIpc) is 2.60. The molecule has 0 aromatic carbocycles. The van der Waals surface area contributed by atoms with Gasteiger partial charge in [0.2, 0.25) is 0 Å². The van der Waals surface area contributed by atoms with Gasteiger partial charge in [-0.05, 0) is 33.1 Å². The summed E-state index contributed by atoms with van der Waals surface area (Å²) in [5.74, 6) is 0. The summed E-state index contributed by atoms with van der Waals surface area (Å²) < 4.78 is 1.82. The highest BCUT2D eigenvalue weighted by Gasteiger charge is 2.19. The van der Waals surface area contributed by atoms with Gasteiger partial charge in [0, 0.05) is 18.3 Å². The normalized spacial score (nSPS) is 15.9. The molecule has 1 aliphatic carbocycles. The quantitative estimate of drug-likeness (QED) is 0.823. The topological polar surface area (TPSA) is 59.0 Å². The molecule has 1 saturated carbocycles. The second-order valence-electron chi connectivity index (χ2n) is 4.53. The summed E-state index contributed by atoms with van der Waals surface area (Å²) in [6.45, 7) is 4.09. The van der Waals surface area contributed by atoms with Crippen LogP contribution in [0.15, 0.2) is 12.4 Å². The third-order valence-corrected chi connectivity index (χ3v) is 2.83. The molecular formula is C11H18N4O. The van der Waals surface area contributed by atoms with Crippen LogP contribution < -0.4 is 10.6 Å². The summed E-state index contributed by atoms with van der Waals surface area (Å²) in [4.78, 5) is 11.5. The zero-order chi connectivity index (χ0) is 11.5. The van der Waals surface area contributed by atoms with E-state index in [0.717, 1.165) is 18.5 Å². The third kappa shape index (κ3) is 2.53. The monoisotopic (exact) mass is 222 g/mol. The minimum atomic E-state index is -0.131. The third-order valence-electron chi connectivity index (χ3n) is 2.83. The van der Waals surface area contributed by atoms with Gasteiger partial charge in [-0.3, -0.25) is 4.68 Å². The van der Waals surface area contributed by atoms with Crippen LogP contribution in [0.1, 0.15) is 39.2 Å². The number of hydrogen-bond acceptors (Lipinski definition) is 2. The van der Waals surface area contributed by atoms with E-state index >= 15 is 0 Å². The number of rotatable bonds is 3. The molecule has 0 aliphatic heterocycles. The highest BCUT2D eigenvalue weighted by atomic mass is 16.2. The fourth-order valence-electron chi connectivity index (χ4n) is 1.59. The van der Waals surface area contributed by atoms with Crippen LogP contribution in [-0.4, -0.2) is 21.9 Å². The van der Waals surface area contributed by atoms with E-state index in [-0.39, 0.29) is 6.03 Å². The predicted molar refractivity (Wildman–Crippen MR) is 62.4 cm³/mol. The van der Waals surface area contributed by atoms with Gasteiger partial charge < -0.3 is 10.6 Å². The van der Waals surface area contributed by atoms with E-state index in [1.165, 1.54) is 6.42 Å². The lowest BCUT2D eigenvalue weighted by atomic mass is 9.93. The van der Waals surface area contributed by atoms with E-state index in [1.807, 2.05) is 24.7 Å². The number of carbonyl (C=O) groups excluding carboxylic acids is 1. The smallest absolute Gasteiger partial charge is 0.319 e. The molecule has 2 rings (SSSR count). The van der Waals surface area contributed by atoms with Crippen molar-refractivity contribution in [3.8, 4) is 0 Å². The van der Waals surface area contributed by atoms with E-state index in [4.69, 9.17) is 0 Å². The standard InChI is InChI=1S/C11H18N4O/c1-8(2)15-7-10(6-12-15)14-11(16)13-9-4-3-5-9/h6-9H,3-5H2,1-2H3,(H2,13,14,16). The Hall–Kier alpha value is -1.52. The molecule has 1 aliphatic rings. The van der Waals surface area contributed by atoms with Crippen molar-refractivity contribution in [3.63, 3.8) is 0 Å². The molecule has 0 atom stereocenters. The van der Waals surface area contributed by atoms with Crippen molar-refractivity contribution in [1.29, 1.82) is 0 Å². The number of nitrogens with one attached hydrogen (secondary N) is 2. The summed E-state index contributed by atoms with van der Waals surface area (Å²) in [6, 6.07) is 0.540. The minimum absolute atomic E-state index is 0.131. The van der Waals surface area contributed by atoms with Gasteiger partial charge >= 0.3 is 6.03 Å². The van der Waals surface area contributed by atoms with Crippen LogP contribution >= 0.6 is 0 Å². The first-order valence-electron chi connectivity index (χ1n) is 5.77. The highest BCUT2D eigenvalue weighted by molar-refractivity contribution is 5.89. The Morgan fingerprint density at radius 1 is 1.56 bits per heavy atom. The fourth-order valence-corrected chi connectivity index (χ4v) is 1.59. The Labute approximate surface area is 95.2 Å². The second kappa shape index (κ2) is 4.55. The summed E-state index contributed by atoms with van der Waals surface area (Å²) in [5, 5.41) is 9.86. The first kappa shape index (κ1) is 11.0. The lowest BCUT2D eigenvalue weighted by Crippen LogP contribution is -2.41. The molecular weight excluding hydrogens is 204 g/mol. The zero-order valence-corrected chi connectivity index (χ0v) is 9.73. The van der Waals surface area contributed by atoms with Gasteiger partial charge in [0.25, 0.3) is 0 Å². The molecule has 0 spiro atoms. The SMILES string of the molecule is CC(C)n1cc(NC(=O)NC2CCC2)cn1. The first-order chi connectivity index (χ1) is 7.65. The van der Waals surface area contributed by atoms with E-state index in [1.54, 1.807) is 6.20 Å². The van der Waals surface area contributed by atoms with Crippen LogP contribution in [0.25, 0.3) is 0 Å². The Balaban J connectivity index is 1.85. The largest absolute Gasteiger partial charge is 0.335 e. The number of carbonyl (C=O) groups is 1. The lowest BCUT2D eigenvalue weighted by Gasteiger charge is -2.26.